The minimum absolute atomic E-state index is 0.355. The summed E-state index contributed by atoms with van der Waals surface area (Å²) in [5.41, 5.74) is 8.73. The lowest BCUT2D eigenvalue weighted by atomic mass is 10.2. The van der Waals surface area contributed by atoms with Crippen molar-refractivity contribution in [3.05, 3.63) is 60.9 Å². The molecule has 7 nitrogen and oxygen atoms in total. The Morgan fingerprint density at radius 1 is 1.00 bits per heavy atom. The molecule has 0 radical (unpaired) electrons. The van der Waals surface area contributed by atoms with Crippen molar-refractivity contribution >= 4 is 50.4 Å². The standard InChI is InChI=1S/C21H19N5O2S2/c1-27-14-8-9-17(28-2)15(10-14)24-21(29)26-25-20-19-16(22-12-23-20)11-18(30-19)13-6-4-3-5-7-13/h3-12H,1-2H3,(H,22,23,25)(H2,24,26,29). The van der Waals surface area contributed by atoms with Crippen molar-refractivity contribution in [2.45, 2.75) is 0 Å². The van der Waals surface area contributed by atoms with Gasteiger partial charge in [0, 0.05) is 10.9 Å². The topological polar surface area (TPSA) is 80.3 Å². The molecule has 0 fully saturated rings. The number of fused-ring (bicyclic) bond motifs is 1. The molecule has 0 unspecified atom stereocenters. The lowest BCUT2D eigenvalue weighted by molar-refractivity contribution is 0.405. The highest BCUT2D eigenvalue weighted by Crippen LogP contribution is 2.35. The van der Waals surface area contributed by atoms with E-state index in [9.17, 15) is 0 Å². The number of rotatable bonds is 6. The van der Waals surface area contributed by atoms with E-state index in [1.54, 1.807) is 31.6 Å². The highest BCUT2D eigenvalue weighted by atomic mass is 32.1. The number of ether oxygens (including phenoxy) is 2. The van der Waals surface area contributed by atoms with Crippen LogP contribution in [0.25, 0.3) is 20.7 Å². The Morgan fingerprint density at radius 3 is 2.60 bits per heavy atom. The maximum atomic E-state index is 5.41. The lowest BCUT2D eigenvalue weighted by Crippen LogP contribution is -2.33. The van der Waals surface area contributed by atoms with Gasteiger partial charge in [-0.15, -0.1) is 11.3 Å². The van der Waals surface area contributed by atoms with Crippen LogP contribution in [0.5, 0.6) is 11.5 Å². The van der Waals surface area contributed by atoms with Gasteiger partial charge in [0.1, 0.15) is 17.8 Å². The number of thiocarbonyl (C=S) groups is 1. The van der Waals surface area contributed by atoms with Gasteiger partial charge in [-0.05, 0) is 36.0 Å². The molecule has 0 aliphatic rings. The molecule has 4 aromatic rings. The zero-order valence-corrected chi connectivity index (χ0v) is 17.9. The molecule has 152 valence electrons. The molecule has 2 aromatic carbocycles. The van der Waals surface area contributed by atoms with Gasteiger partial charge >= 0.3 is 0 Å². The second kappa shape index (κ2) is 8.93. The first-order valence-electron chi connectivity index (χ1n) is 9.03. The summed E-state index contributed by atoms with van der Waals surface area (Å²) < 4.78 is 11.6. The van der Waals surface area contributed by atoms with Gasteiger partial charge in [-0.25, -0.2) is 9.97 Å². The van der Waals surface area contributed by atoms with Gasteiger partial charge in [0.05, 0.1) is 30.1 Å². The maximum Gasteiger partial charge on any atom is 0.189 e. The van der Waals surface area contributed by atoms with Crippen molar-refractivity contribution in [3.8, 4) is 21.9 Å². The Balaban J connectivity index is 1.50. The van der Waals surface area contributed by atoms with Gasteiger partial charge < -0.3 is 14.8 Å². The smallest absolute Gasteiger partial charge is 0.189 e. The number of thiophene rings is 1. The van der Waals surface area contributed by atoms with Crippen LogP contribution in [0.2, 0.25) is 0 Å². The molecule has 0 saturated heterocycles. The highest BCUT2D eigenvalue weighted by molar-refractivity contribution is 7.80. The predicted molar refractivity (Wildman–Crippen MR) is 125 cm³/mol. The van der Waals surface area contributed by atoms with Crippen molar-refractivity contribution in [2.75, 3.05) is 25.0 Å². The third-order valence-corrected chi connectivity index (χ3v) is 5.70. The predicted octanol–water partition coefficient (Wildman–Crippen LogP) is 4.69. The van der Waals surface area contributed by atoms with Gasteiger partial charge in [-0.2, -0.15) is 0 Å². The number of benzene rings is 2. The average molecular weight is 438 g/mol. The third kappa shape index (κ3) is 4.27. The van der Waals surface area contributed by atoms with Gasteiger partial charge in [-0.1, -0.05) is 30.3 Å². The molecule has 0 aliphatic heterocycles. The van der Waals surface area contributed by atoms with Crippen molar-refractivity contribution < 1.29 is 9.47 Å². The van der Waals surface area contributed by atoms with Crippen LogP contribution in [0.15, 0.2) is 60.9 Å². The Kier molecular flexibility index (Phi) is 5.92. The molecule has 0 bridgehead atoms. The monoisotopic (exact) mass is 437 g/mol. The van der Waals surface area contributed by atoms with Crippen LogP contribution in [0.3, 0.4) is 0 Å². The zero-order chi connectivity index (χ0) is 20.9. The molecular weight excluding hydrogens is 418 g/mol. The highest BCUT2D eigenvalue weighted by Gasteiger charge is 2.11. The van der Waals surface area contributed by atoms with Crippen LogP contribution in [-0.4, -0.2) is 29.3 Å². The summed E-state index contributed by atoms with van der Waals surface area (Å²) in [4.78, 5) is 9.85. The molecule has 3 N–H and O–H groups in total. The summed E-state index contributed by atoms with van der Waals surface area (Å²) in [5.74, 6) is 1.99. The fourth-order valence-electron chi connectivity index (χ4n) is 2.87. The number of hydrogen-bond acceptors (Lipinski definition) is 7. The number of nitrogens with zero attached hydrogens (tertiary/aromatic N) is 2. The fourth-order valence-corrected chi connectivity index (χ4v) is 4.09. The van der Waals surface area contributed by atoms with Crippen molar-refractivity contribution in [3.63, 3.8) is 0 Å². The molecule has 0 amide bonds. The van der Waals surface area contributed by atoms with Crippen LogP contribution in [0, 0.1) is 0 Å². The molecular formula is C21H19N5O2S2. The summed E-state index contributed by atoms with van der Waals surface area (Å²) in [6, 6.07) is 17.7. The molecule has 0 atom stereocenters. The van der Waals surface area contributed by atoms with Crippen molar-refractivity contribution in [1.29, 1.82) is 0 Å². The average Bonchev–Trinajstić information content (AvgIpc) is 3.23. The zero-order valence-electron chi connectivity index (χ0n) is 16.3. The number of hydrazine groups is 1. The van der Waals surface area contributed by atoms with Crippen LogP contribution < -0.4 is 25.6 Å². The quantitative estimate of drug-likeness (QED) is 0.296. The van der Waals surface area contributed by atoms with Crippen molar-refractivity contribution in [2.24, 2.45) is 0 Å². The number of hydrogen-bond donors (Lipinski definition) is 3. The molecule has 0 saturated carbocycles. The SMILES string of the molecule is COc1ccc(OC)c(NC(=S)NNc2ncnc3cc(-c4ccccc4)sc23)c1. The Morgan fingerprint density at radius 2 is 1.83 bits per heavy atom. The van der Waals surface area contributed by atoms with Crippen molar-refractivity contribution in [1.82, 2.24) is 15.4 Å². The molecule has 0 spiro atoms. The molecule has 0 aliphatic carbocycles. The van der Waals surface area contributed by atoms with E-state index >= 15 is 0 Å². The van der Waals surface area contributed by atoms with E-state index in [0.717, 1.165) is 20.7 Å². The number of nitrogens with one attached hydrogen (secondary N) is 3. The number of anilines is 2. The summed E-state index contributed by atoms with van der Waals surface area (Å²) in [6.07, 6.45) is 1.52. The van der Waals surface area contributed by atoms with E-state index in [1.165, 1.54) is 6.33 Å². The minimum atomic E-state index is 0.355. The van der Waals surface area contributed by atoms with Gasteiger partial charge in [-0.3, -0.25) is 10.9 Å². The Bertz CT molecular complexity index is 1180. The van der Waals surface area contributed by atoms with Crippen LogP contribution >= 0.6 is 23.6 Å². The minimum Gasteiger partial charge on any atom is -0.497 e. The van der Waals surface area contributed by atoms with Crippen LogP contribution in [0.1, 0.15) is 0 Å². The normalized spacial score (nSPS) is 10.5. The fraction of sp³-hybridized carbons (Fsp3) is 0.0952. The summed E-state index contributed by atoms with van der Waals surface area (Å²) in [6.45, 7) is 0. The molecule has 2 heterocycles. The van der Waals surface area contributed by atoms with Crippen LogP contribution in [0.4, 0.5) is 11.5 Å². The maximum absolute atomic E-state index is 5.41. The number of aromatic nitrogens is 2. The summed E-state index contributed by atoms with van der Waals surface area (Å²) in [7, 11) is 3.20. The first-order chi connectivity index (χ1) is 14.7. The van der Waals surface area contributed by atoms with Gasteiger partial charge in [0.15, 0.2) is 10.9 Å². The van der Waals surface area contributed by atoms with E-state index in [0.29, 0.717) is 28.1 Å². The second-order valence-electron chi connectivity index (χ2n) is 6.18. The summed E-state index contributed by atoms with van der Waals surface area (Å²) in [5, 5.41) is 3.45. The van der Waals surface area contributed by atoms with E-state index < -0.39 is 0 Å². The molecule has 30 heavy (non-hydrogen) atoms. The molecule has 2 aromatic heterocycles. The number of methoxy groups -OCH3 is 2. The van der Waals surface area contributed by atoms with E-state index in [4.69, 9.17) is 21.7 Å². The Labute approximate surface area is 183 Å². The molecule has 9 heteroatoms. The summed E-state index contributed by atoms with van der Waals surface area (Å²) >= 11 is 7.02. The lowest BCUT2D eigenvalue weighted by Gasteiger charge is -2.15. The van der Waals surface area contributed by atoms with Gasteiger partial charge in [0.2, 0.25) is 0 Å². The third-order valence-electron chi connectivity index (χ3n) is 4.32. The Hall–Kier alpha value is -3.43. The van der Waals surface area contributed by atoms with E-state index in [-0.39, 0.29) is 0 Å². The second-order valence-corrected chi connectivity index (χ2v) is 7.64. The first kappa shape index (κ1) is 19.9. The van der Waals surface area contributed by atoms with E-state index in [1.807, 2.05) is 30.3 Å². The van der Waals surface area contributed by atoms with Crippen LogP contribution in [-0.2, 0) is 0 Å². The largest absolute Gasteiger partial charge is 0.497 e. The van der Waals surface area contributed by atoms with E-state index in [2.05, 4.69) is 44.3 Å². The molecule has 4 rings (SSSR count). The van der Waals surface area contributed by atoms with Gasteiger partial charge in [0.25, 0.3) is 0 Å². The first-order valence-corrected chi connectivity index (χ1v) is 10.3.